The number of hydrogen-bond acceptors (Lipinski definition) is 6. The van der Waals surface area contributed by atoms with Crippen LogP contribution in [0.1, 0.15) is 220 Å². The molecule has 0 amide bonds. The molecule has 0 bridgehead atoms. The number of aliphatic hydroxyl groups excluding tert-OH is 2. The molecule has 0 radical (unpaired) electrons. The first-order chi connectivity index (χ1) is 24.4. The molecule has 0 saturated carbocycles. The fourth-order valence-electron chi connectivity index (χ4n) is 6.62. The van der Waals surface area contributed by atoms with Crippen molar-refractivity contribution in [2.45, 2.75) is 231 Å². The van der Waals surface area contributed by atoms with Gasteiger partial charge in [-0.2, -0.15) is 0 Å². The lowest BCUT2D eigenvalue weighted by molar-refractivity contribution is 0.169. The van der Waals surface area contributed by atoms with Crippen LogP contribution in [0.15, 0.2) is 22.1 Å². The molecular formula is C44H84N2O4. The number of hydrogen-bond donors (Lipinski definition) is 2. The standard InChI is InChI=1S/C22H43NO2.C22H41NO2/c2*1-3-4-5-6-7-8-9-10-11-12-13-14-15-16-17-18-21-23-22(2,19-24)20-25-21/h24H,3-20H2,1-2H3;10-11,24H,3-9,12-20H2,1-2H3/b;11-10+. The van der Waals surface area contributed by atoms with Crippen molar-refractivity contribution in [1.82, 2.24) is 0 Å². The van der Waals surface area contributed by atoms with E-state index in [4.69, 9.17) is 9.47 Å². The summed E-state index contributed by atoms with van der Waals surface area (Å²) in [5.74, 6) is 1.69. The van der Waals surface area contributed by atoms with Crippen LogP contribution in [0.25, 0.3) is 0 Å². The maximum Gasteiger partial charge on any atom is 0.184 e. The topological polar surface area (TPSA) is 83.6 Å². The minimum Gasteiger partial charge on any atom is -0.478 e. The Morgan fingerprint density at radius 1 is 0.460 bits per heavy atom. The van der Waals surface area contributed by atoms with Crippen LogP contribution in [0.4, 0.5) is 0 Å². The Morgan fingerprint density at radius 2 is 0.740 bits per heavy atom. The van der Waals surface area contributed by atoms with Crippen LogP contribution in [0.3, 0.4) is 0 Å². The smallest absolute Gasteiger partial charge is 0.184 e. The zero-order valence-electron chi connectivity index (χ0n) is 33.8. The van der Waals surface area contributed by atoms with Crippen molar-refractivity contribution in [3.63, 3.8) is 0 Å². The summed E-state index contributed by atoms with van der Waals surface area (Å²) in [6, 6.07) is 0. The van der Waals surface area contributed by atoms with Gasteiger partial charge in [0, 0.05) is 12.8 Å². The van der Waals surface area contributed by atoms with Crippen molar-refractivity contribution in [2.24, 2.45) is 9.98 Å². The van der Waals surface area contributed by atoms with Crippen LogP contribution in [0, 0.1) is 0 Å². The van der Waals surface area contributed by atoms with Crippen molar-refractivity contribution in [3.8, 4) is 0 Å². The fourth-order valence-corrected chi connectivity index (χ4v) is 6.62. The molecule has 2 heterocycles. The maximum absolute atomic E-state index is 9.26. The zero-order chi connectivity index (χ0) is 36.4. The molecule has 0 aliphatic carbocycles. The van der Waals surface area contributed by atoms with E-state index < -0.39 is 5.54 Å². The molecule has 0 fully saturated rings. The monoisotopic (exact) mass is 705 g/mol. The molecule has 0 aromatic rings. The highest BCUT2D eigenvalue weighted by atomic mass is 16.5. The Balaban J connectivity index is 0.000000500. The molecule has 2 aliphatic rings. The molecule has 50 heavy (non-hydrogen) atoms. The third-order valence-corrected chi connectivity index (χ3v) is 10.2. The molecule has 2 rings (SSSR count). The van der Waals surface area contributed by atoms with Gasteiger partial charge in [0.05, 0.1) is 13.2 Å². The molecule has 2 aliphatic heterocycles. The normalized spacial score (nSPS) is 20.0. The van der Waals surface area contributed by atoms with E-state index in [0.717, 1.165) is 31.1 Å². The molecular weight excluding hydrogens is 620 g/mol. The summed E-state index contributed by atoms with van der Waals surface area (Å²) in [6.07, 6.45) is 44.6. The Bertz CT molecular complexity index is 859. The van der Waals surface area contributed by atoms with Gasteiger partial charge in [-0.1, -0.05) is 167 Å². The summed E-state index contributed by atoms with van der Waals surface area (Å²) < 4.78 is 11.1. The SMILES string of the molecule is CCCCCCCC/C=C/CCCCCCCC1=NC(C)(CO)CO1.CCCCCCCCCCCCCCCCCC1=NC(C)(CO)CO1. The van der Waals surface area contributed by atoms with E-state index >= 15 is 0 Å². The van der Waals surface area contributed by atoms with Gasteiger partial charge in [0.15, 0.2) is 11.8 Å². The third kappa shape index (κ3) is 26.4. The number of aliphatic hydroxyl groups is 2. The Hall–Kier alpha value is -1.40. The third-order valence-electron chi connectivity index (χ3n) is 10.2. The first kappa shape index (κ1) is 46.6. The molecule has 6 nitrogen and oxygen atoms in total. The van der Waals surface area contributed by atoms with Gasteiger partial charge in [-0.05, 0) is 52.4 Å². The number of rotatable bonds is 33. The zero-order valence-corrected chi connectivity index (χ0v) is 33.8. The predicted molar refractivity (Wildman–Crippen MR) is 217 cm³/mol. The molecule has 2 N–H and O–H groups in total. The predicted octanol–water partition coefficient (Wildman–Crippen LogP) is 12.6. The van der Waals surface area contributed by atoms with E-state index in [9.17, 15) is 10.2 Å². The van der Waals surface area contributed by atoms with Crippen molar-refractivity contribution in [3.05, 3.63) is 12.2 Å². The van der Waals surface area contributed by atoms with Crippen molar-refractivity contribution in [2.75, 3.05) is 26.4 Å². The molecule has 0 aromatic carbocycles. The van der Waals surface area contributed by atoms with Gasteiger partial charge in [-0.15, -0.1) is 0 Å². The highest BCUT2D eigenvalue weighted by Gasteiger charge is 2.31. The minimum absolute atomic E-state index is 0.0723. The second-order valence-corrected chi connectivity index (χ2v) is 15.9. The van der Waals surface area contributed by atoms with Gasteiger partial charge >= 0.3 is 0 Å². The van der Waals surface area contributed by atoms with E-state index in [-0.39, 0.29) is 18.8 Å². The molecule has 0 aromatic heterocycles. The highest BCUT2D eigenvalue weighted by molar-refractivity contribution is 5.78. The van der Waals surface area contributed by atoms with Crippen LogP contribution in [0.5, 0.6) is 0 Å². The lowest BCUT2D eigenvalue weighted by Crippen LogP contribution is -2.28. The fraction of sp³-hybridized carbons (Fsp3) is 0.909. The second-order valence-electron chi connectivity index (χ2n) is 15.9. The van der Waals surface area contributed by atoms with E-state index in [1.54, 1.807) is 0 Å². The summed E-state index contributed by atoms with van der Waals surface area (Å²) in [5, 5.41) is 18.5. The second kappa shape index (κ2) is 32.3. The van der Waals surface area contributed by atoms with E-state index in [0.29, 0.717) is 13.2 Å². The number of aliphatic imine (C=N–C) groups is 2. The van der Waals surface area contributed by atoms with E-state index in [2.05, 4.69) is 36.0 Å². The summed E-state index contributed by atoms with van der Waals surface area (Å²) in [5.41, 5.74) is -0.776. The number of unbranched alkanes of at least 4 members (excludes halogenated alkanes) is 25. The maximum atomic E-state index is 9.26. The quantitative estimate of drug-likeness (QED) is 0.0526. The summed E-state index contributed by atoms with van der Waals surface area (Å²) in [4.78, 5) is 8.96. The van der Waals surface area contributed by atoms with Crippen LogP contribution in [0.2, 0.25) is 0 Å². The molecule has 294 valence electrons. The molecule has 2 unspecified atom stereocenters. The summed E-state index contributed by atoms with van der Waals surface area (Å²) in [7, 11) is 0. The summed E-state index contributed by atoms with van der Waals surface area (Å²) >= 11 is 0. The van der Waals surface area contributed by atoms with Gasteiger partial charge < -0.3 is 19.7 Å². The van der Waals surface area contributed by atoms with Gasteiger partial charge in [-0.3, -0.25) is 0 Å². The molecule has 0 saturated heterocycles. The Morgan fingerprint density at radius 3 is 1.02 bits per heavy atom. The molecule has 0 spiro atoms. The molecule has 6 heteroatoms. The average Bonchev–Trinajstić information content (AvgIpc) is 3.71. The first-order valence-corrected chi connectivity index (χ1v) is 21.7. The lowest BCUT2D eigenvalue weighted by Gasteiger charge is -2.12. The lowest BCUT2D eigenvalue weighted by atomic mass is 10.0. The van der Waals surface area contributed by atoms with Crippen molar-refractivity contribution < 1.29 is 19.7 Å². The van der Waals surface area contributed by atoms with Crippen LogP contribution < -0.4 is 0 Å². The van der Waals surface area contributed by atoms with Crippen molar-refractivity contribution >= 4 is 11.8 Å². The van der Waals surface area contributed by atoms with Crippen molar-refractivity contribution in [1.29, 1.82) is 0 Å². The largest absolute Gasteiger partial charge is 0.478 e. The van der Waals surface area contributed by atoms with Gasteiger partial charge in [-0.25, -0.2) is 9.98 Å². The number of nitrogens with zero attached hydrogens (tertiary/aromatic N) is 2. The number of ether oxygens (including phenoxy) is 2. The summed E-state index contributed by atoms with van der Waals surface area (Å²) in [6.45, 7) is 9.67. The first-order valence-electron chi connectivity index (χ1n) is 21.7. The Labute approximate surface area is 310 Å². The average molecular weight is 705 g/mol. The minimum atomic E-state index is -0.392. The van der Waals surface area contributed by atoms with Crippen LogP contribution in [-0.2, 0) is 9.47 Å². The highest BCUT2D eigenvalue weighted by Crippen LogP contribution is 2.22. The number of allylic oxidation sites excluding steroid dienone is 2. The van der Waals surface area contributed by atoms with Gasteiger partial charge in [0.2, 0.25) is 0 Å². The van der Waals surface area contributed by atoms with Gasteiger partial charge in [0.1, 0.15) is 24.3 Å². The van der Waals surface area contributed by atoms with Crippen LogP contribution >= 0.6 is 0 Å². The van der Waals surface area contributed by atoms with Gasteiger partial charge in [0.25, 0.3) is 0 Å². The van der Waals surface area contributed by atoms with Crippen LogP contribution in [-0.4, -0.2) is 59.5 Å². The van der Waals surface area contributed by atoms with E-state index in [1.807, 2.05) is 13.8 Å². The van der Waals surface area contributed by atoms with E-state index in [1.165, 1.54) is 173 Å². The molecule has 2 atom stereocenters. The Kier molecular flexibility index (Phi) is 30.1.